The Labute approximate surface area is 79.8 Å². The molecule has 0 heterocycles. The highest BCUT2D eigenvalue weighted by molar-refractivity contribution is 5.71. The van der Waals surface area contributed by atoms with E-state index in [0.29, 0.717) is 19.8 Å². The second-order valence-electron chi connectivity index (χ2n) is 2.95. The van der Waals surface area contributed by atoms with Crippen molar-refractivity contribution in [1.82, 2.24) is 4.90 Å². The Morgan fingerprint density at radius 3 is 2.62 bits per heavy atom. The summed E-state index contributed by atoms with van der Waals surface area (Å²) >= 11 is 0. The van der Waals surface area contributed by atoms with E-state index >= 15 is 0 Å². The zero-order valence-corrected chi connectivity index (χ0v) is 8.71. The van der Waals surface area contributed by atoms with Gasteiger partial charge in [-0.05, 0) is 13.5 Å². The number of carbonyl (C=O) groups is 1. The summed E-state index contributed by atoms with van der Waals surface area (Å²) in [5.41, 5.74) is 0. The first-order valence-corrected chi connectivity index (χ1v) is 4.53. The molecule has 0 spiro atoms. The third kappa shape index (κ3) is 7.74. The lowest BCUT2D eigenvalue weighted by molar-refractivity contribution is -0.144. The van der Waals surface area contributed by atoms with E-state index in [1.807, 2.05) is 18.9 Å². The Kier molecular flexibility index (Phi) is 7.63. The van der Waals surface area contributed by atoms with E-state index < -0.39 is 0 Å². The highest BCUT2D eigenvalue weighted by Gasteiger charge is 2.06. The van der Waals surface area contributed by atoms with Crippen molar-refractivity contribution in [3.05, 3.63) is 0 Å². The Bertz CT molecular complexity index is 139. The molecule has 0 aromatic carbocycles. The molecule has 78 valence electrons. The molecular weight excluding hydrogens is 170 g/mol. The lowest BCUT2D eigenvalue weighted by Gasteiger charge is -2.14. The predicted molar refractivity (Wildman–Crippen MR) is 50.6 cm³/mol. The number of rotatable bonds is 7. The van der Waals surface area contributed by atoms with Crippen LogP contribution in [0, 0.1) is 0 Å². The van der Waals surface area contributed by atoms with Crippen LogP contribution in [0.3, 0.4) is 0 Å². The van der Waals surface area contributed by atoms with E-state index in [9.17, 15) is 4.79 Å². The number of likely N-dealkylation sites (N-methyl/N-ethyl adjacent to an activating group) is 1. The van der Waals surface area contributed by atoms with E-state index in [4.69, 9.17) is 9.47 Å². The van der Waals surface area contributed by atoms with Gasteiger partial charge in [0, 0.05) is 13.7 Å². The van der Waals surface area contributed by atoms with Gasteiger partial charge in [0.1, 0.15) is 0 Å². The highest BCUT2D eigenvalue weighted by atomic mass is 16.5. The van der Waals surface area contributed by atoms with Crippen LogP contribution >= 0.6 is 0 Å². The molecule has 0 radical (unpaired) electrons. The van der Waals surface area contributed by atoms with Crippen LogP contribution in [0.2, 0.25) is 0 Å². The number of nitrogens with zero attached hydrogens (tertiary/aromatic N) is 1. The maximum absolute atomic E-state index is 11.1. The van der Waals surface area contributed by atoms with E-state index in [1.54, 1.807) is 7.11 Å². The lowest BCUT2D eigenvalue weighted by atomic mass is 10.5. The number of esters is 1. The third-order valence-electron chi connectivity index (χ3n) is 1.54. The molecule has 4 nitrogen and oxygen atoms in total. The van der Waals surface area contributed by atoms with Gasteiger partial charge < -0.3 is 9.47 Å². The van der Waals surface area contributed by atoms with Crippen LogP contribution in [0.1, 0.15) is 13.3 Å². The number of carbonyl (C=O) groups excluding carboxylic acids is 1. The molecule has 0 N–H and O–H groups in total. The molecule has 13 heavy (non-hydrogen) atoms. The molecule has 0 amide bonds. The van der Waals surface area contributed by atoms with Crippen molar-refractivity contribution in [3.63, 3.8) is 0 Å². The highest BCUT2D eigenvalue weighted by Crippen LogP contribution is 1.87. The third-order valence-corrected chi connectivity index (χ3v) is 1.54. The molecule has 0 aromatic heterocycles. The fourth-order valence-electron chi connectivity index (χ4n) is 0.808. The molecule has 0 fully saturated rings. The molecule has 0 aliphatic carbocycles. The summed E-state index contributed by atoms with van der Waals surface area (Å²) in [4.78, 5) is 12.9. The Morgan fingerprint density at radius 2 is 2.08 bits per heavy atom. The van der Waals surface area contributed by atoms with Crippen molar-refractivity contribution in [1.29, 1.82) is 0 Å². The summed E-state index contributed by atoms with van der Waals surface area (Å²) < 4.78 is 9.80. The van der Waals surface area contributed by atoms with Gasteiger partial charge in [0.15, 0.2) is 0 Å². The second-order valence-corrected chi connectivity index (χ2v) is 2.95. The minimum Gasteiger partial charge on any atom is -0.465 e. The Morgan fingerprint density at radius 1 is 1.38 bits per heavy atom. The van der Waals surface area contributed by atoms with Crippen LogP contribution in [0.5, 0.6) is 0 Å². The van der Waals surface area contributed by atoms with Gasteiger partial charge in [-0.3, -0.25) is 9.69 Å². The molecule has 0 aliphatic rings. The van der Waals surface area contributed by atoms with Gasteiger partial charge in [0.25, 0.3) is 0 Å². The first-order valence-electron chi connectivity index (χ1n) is 4.53. The summed E-state index contributed by atoms with van der Waals surface area (Å²) in [6, 6.07) is 0. The summed E-state index contributed by atoms with van der Waals surface area (Å²) in [6.07, 6.45) is 0.869. The molecule has 0 saturated carbocycles. The topological polar surface area (TPSA) is 38.8 Å². The predicted octanol–water partition coefficient (Wildman–Crippen LogP) is 0.518. The maximum atomic E-state index is 11.1. The van der Waals surface area contributed by atoms with Crippen molar-refractivity contribution in [3.8, 4) is 0 Å². The summed E-state index contributed by atoms with van der Waals surface area (Å²) in [5, 5.41) is 0. The lowest BCUT2D eigenvalue weighted by Crippen LogP contribution is -2.30. The largest absolute Gasteiger partial charge is 0.465 e. The van der Waals surface area contributed by atoms with Crippen molar-refractivity contribution < 1.29 is 14.3 Å². The van der Waals surface area contributed by atoms with E-state index in [0.717, 1.165) is 13.0 Å². The number of hydrogen-bond donors (Lipinski definition) is 0. The van der Waals surface area contributed by atoms with Crippen molar-refractivity contribution >= 4 is 5.97 Å². The van der Waals surface area contributed by atoms with E-state index in [2.05, 4.69) is 0 Å². The molecule has 4 heteroatoms. The van der Waals surface area contributed by atoms with Crippen LogP contribution in [0.4, 0.5) is 0 Å². The summed E-state index contributed by atoms with van der Waals surface area (Å²) in [6.45, 7) is 4.21. The number of methoxy groups -OCH3 is 1. The second kappa shape index (κ2) is 8.01. The molecule has 0 rings (SSSR count). The maximum Gasteiger partial charge on any atom is 0.320 e. The molecular formula is C9H19NO3. The van der Waals surface area contributed by atoms with Crippen LogP contribution in [0.15, 0.2) is 0 Å². The molecule has 0 aromatic rings. The van der Waals surface area contributed by atoms with Gasteiger partial charge in [-0.25, -0.2) is 0 Å². The standard InChI is InChI=1S/C9H19NO3/c1-4-6-13-9(11)8-10(2)5-7-12-3/h4-8H2,1-3H3. The number of hydrogen-bond acceptors (Lipinski definition) is 4. The zero-order chi connectivity index (χ0) is 10.1. The first kappa shape index (κ1) is 12.4. The van der Waals surface area contributed by atoms with Gasteiger partial charge in [0.2, 0.25) is 0 Å². The van der Waals surface area contributed by atoms with Gasteiger partial charge in [0.05, 0.1) is 19.8 Å². The molecule has 0 bridgehead atoms. The van der Waals surface area contributed by atoms with Gasteiger partial charge >= 0.3 is 5.97 Å². The van der Waals surface area contributed by atoms with Crippen LogP contribution < -0.4 is 0 Å². The van der Waals surface area contributed by atoms with Gasteiger partial charge in [-0.1, -0.05) is 6.92 Å². The van der Waals surface area contributed by atoms with Gasteiger partial charge in [-0.15, -0.1) is 0 Å². The average molecular weight is 189 g/mol. The molecule has 0 atom stereocenters. The molecule has 0 saturated heterocycles. The van der Waals surface area contributed by atoms with E-state index in [1.165, 1.54) is 0 Å². The van der Waals surface area contributed by atoms with Gasteiger partial charge in [-0.2, -0.15) is 0 Å². The summed E-state index contributed by atoms with van der Waals surface area (Å²) in [5.74, 6) is -0.166. The fraction of sp³-hybridized carbons (Fsp3) is 0.889. The fourth-order valence-corrected chi connectivity index (χ4v) is 0.808. The average Bonchev–Trinajstić information content (AvgIpc) is 2.11. The van der Waals surface area contributed by atoms with Crippen molar-refractivity contribution in [2.75, 3.05) is 40.5 Å². The zero-order valence-electron chi connectivity index (χ0n) is 8.71. The van der Waals surface area contributed by atoms with Crippen molar-refractivity contribution in [2.24, 2.45) is 0 Å². The van der Waals surface area contributed by atoms with Crippen LogP contribution in [-0.2, 0) is 14.3 Å². The number of ether oxygens (including phenoxy) is 2. The van der Waals surface area contributed by atoms with Crippen LogP contribution in [0.25, 0.3) is 0 Å². The quantitative estimate of drug-likeness (QED) is 0.547. The normalized spacial score (nSPS) is 10.5. The minimum atomic E-state index is -0.166. The SMILES string of the molecule is CCCOC(=O)CN(C)CCOC. The monoisotopic (exact) mass is 189 g/mol. The Hall–Kier alpha value is -0.610. The summed E-state index contributed by atoms with van der Waals surface area (Å²) in [7, 11) is 3.51. The smallest absolute Gasteiger partial charge is 0.320 e. The van der Waals surface area contributed by atoms with E-state index in [-0.39, 0.29) is 5.97 Å². The molecule has 0 unspecified atom stereocenters. The Balaban J connectivity index is 3.41. The first-order chi connectivity index (χ1) is 6.20. The molecule has 0 aliphatic heterocycles. The van der Waals surface area contributed by atoms with Crippen molar-refractivity contribution in [2.45, 2.75) is 13.3 Å². The van der Waals surface area contributed by atoms with Crippen LogP contribution in [-0.4, -0.2) is 51.3 Å². The minimum absolute atomic E-state index is 0.166.